The molecule has 0 unspecified atom stereocenters. The highest BCUT2D eigenvalue weighted by Crippen LogP contribution is 2.39. The van der Waals surface area contributed by atoms with Gasteiger partial charge < -0.3 is 14.4 Å². The summed E-state index contributed by atoms with van der Waals surface area (Å²) < 4.78 is 7.05. The summed E-state index contributed by atoms with van der Waals surface area (Å²) in [5, 5.41) is 27.8. The molecule has 0 atom stereocenters. The van der Waals surface area contributed by atoms with Crippen molar-refractivity contribution in [1.82, 2.24) is 4.57 Å². The molecule has 7 heteroatoms. The maximum Gasteiger partial charge on any atom is 0.302 e. The van der Waals surface area contributed by atoms with Gasteiger partial charge in [0.25, 0.3) is 0 Å². The van der Waals surface area contributed by atoms with Crippen LogP contribution in [0.2, 0.25) is 0 Å². The van der Waals surface area contributed by atoms with E-state index in [2.05, 4.69) is 10.2 Å². The highest BCUT2D eigenvalue weighted by atomic mass is 16.5. The zero-order valence-corrected chi connectivity index (χ0v) is 15.0. The van der Waals surface area contributed by atoms with E-state index in [0.717, 1.165) is 16.5 Å². The van der Waals surface area contributed by atoms with Crippen LogP contribution < -0.4 is 4.74 Å². The second kappa shape index (κ2) is 7.70. The number of aryl methyl sites for hydroxylation is 2. The second-order valence-corrected chi connectivity index (χ2v) is 5.93. The molecular formula is C20H18N4O3. The quantitative estimate of drug-likeness (QED) is 0.686. The lowest BCUT2D eigenvalue weighted by Gasteiger charge is -2.04. The highest BCUT2D eigenvalue weighted by molar-refractivity contribution is 5.95. The molecule has 0 saturated carbocycles. The van der Waals surface area contributed by atoms with Crippen molar-refractivity contribution in [2.24, 2.45) is 10.2 Å². The summed E-state index contributed by atoms with van der Waals surface area (Å²) in [4.78, 5) is 12.0. The Labute approximate surface area is 156 Å². The second-order valence-electron chi connectivity index (χ2n) is 5.93. The lowest BCUT2D eigenvalue weighted by molar-refractivity contribution is -0.120. The number of nitriles is 1. The third-order valence-corrected chi connectivity index (χ3v) is 4.10. The normalized spacial score (nSPS) is 11.0. The summed E-state index contributed by atoms with van der Waals surface area (Å²) in [6.07, 6.45) is 0. The molecule has 27 heavy (non-hydrogen) atoms. The average Bonchev–Trinajstić information content (AvgIpc) is 2.94. The molecule has 1 N–H and O–H groups in total. The Hall–Kier alpha value is -3.66. The first-order valence-corrected chi connectivity index (χ1v) is 8.43. The van der Waals surface area contributed by atoms with Crippen LogP contribution in [0, 0.1) is 18.3 Å². The minimum atomic E-state index is -0.618. The van der Waals surface area contributed by atoms with Crippen molar-refractivity contribution in [3.8, 4) is 17.7 Å². The lowest BCUT2D eigenvalue weighted by atomic mass is 10.1. The number of carbonyl (C=O) groups excluding carboxylic acids is 1. The van der Waals surface area contributed by atoms with E-state index < -0.39 is 5.91 Å². The number of amides is 1. The van der Waals surface area contributed by atoms with Crippen molar-refractivity contribution in [2.45, 2.75) is 20.4 Å². The fourth-order valence-corrected chi connectivity index (χ4v) is 2.82. The minimum absolute atomic E-state index is 0.0367. The molecule has 0 bridgehead atoms. The summed E-state index contributed by atoms with van der Waals surface area (Å²) in [7, 11) is 0. The number of rotatable bonds is 5. The van der Waals surface area contributed by atoms with Gasteiger partial charge in [0.15, 0.2) is 12.3 Å². The van der Waals surface area contributed by atoms with Crippen LogP contribution >= 0.6 is 0 Å². The molecule has 3 aromatic rings. The molecule has 0 aliphatic heterocycles. The highest BCUT2D eigenvalue weighted by Gasteiger charge is 2.16. The number of ether oxygens (including phenoxy) is 1. The number of hydrogen-bond donors (Lipinski definition) is 1. The molecule has 0 radical (unpaired) electrons. The maximum atomic E-state index is 12.0. The van der Waals surface area contributed by atoms with Crippen molar-refractivity contribution < 1.29 is 14.6 Å². The van der Waals surface area contributed by atoms with Gasteiger partial charge in [-0.3, -0.25) is 4.79 Å². The van der Waals surface area contributed by atoms with Crippen molar-refractivity contribution in [1.29, 1.82) is 5.26 Å². The van der Waals surface area contributed by atoms with Gasteiger partial charge in [-0.05, 0) is 38.1 Å². The number of nitrogens with zero attached hydrogens (tertiary/aromatic N) is 4. The summed E-state index contributed by atoms with van der Waals surface area (Å²) in [6.45, 7) is 4.05. The van der Waals surface area contributed by atoms with E-state index >= 15 is 0 Å². The van der Waals surface area contributed by atoms with Gasteiger partial charge in [0.1, 0.15) is 11.8 Å². The number of hydrogen-bond acceptors (Lipinski definition) is 5. The van der Waals surface area contributed by atoms with Crippen LogP contribution in [0.4, 0.5) is 5.69 Å². The Balaban J connectivity index is 1.81. The number of benzene rings is 2. The third kappa shape index (κ3) is 3.65. The molecule has 0 aliphatic carbocycles. The van der Waals surface area contributed by atoms with E-state index in [9.17, 15) is 9.90 Å². The topological polar surface area (TPSA) is 100.0 Å². The average molecular weight is 362 g/mol. The number of aromatic nitrogens is 1. The minimum Gasteiger partial charge on any atom is -0.493 e. The molecule has 0 spiro atoms. The van der Waals surface area contributed by atoms with Crippen molar-refractivity contribution >= 4 is 22.5 Å². The first-order chi connectivity index (χ1) is 13.0. The van der Waals surface area contributed by atoms with Gasteiger partial charge >= 0.3 is 5.91 Å². The molecule has 3 rings (SSSR count). The zero-order chi connectivity index (χ0) is 19.4. The molecule has 1 amide bonds. The van der Waals surface area contributed by atoms with E-state index in [1.54, 1.807) is 28.8 Å². The Morgan fingerprint density at radius 2 is 2.07 bits per heavy atom. The van der Waals surface area contributed by atoms with Crippen LogP contribution in [0.3, 0.4) is 0 Å². The SMILES string of the molecule is CCn1c(O)c(N=NC(=O)COc2ccccc2C#N)c2cc(C)ccc21. The Kier molecular flexibility index (Phi) is 5.18. The summed E-state index contributed by atoms with van der Waals surface area (Å²) >= 11 is 0. The van der Waals surface area contributed by atoms with E-state index in [1.165, 1.54) is 0 Å². The van der Waals surface area contributed by atoms with Gasteiger partial charge in [0.2, 0.25) is 5.88 Å². The molecule has 0 fully saturated rings. The van der Waals surface area contributed by atoms with Gasteiger partial charge in [0, 0.05) is 11.9 Å². The fraction of sp³-hybridized carbons (Fsp3) is 0.200. The Morgan fingerprint density at radius 3 is 2.81 bits per heavy atom. The van der Waals surface area contributed by atoms with Crippen LogP contribution in [-0.4, -0.2) is 22.2 Å². The number of azo groups is 1. The van der Waals surface area contributed by atoms with Crippen molar-refractivity contribution in [3.05, 3.63) is 53.6 Å². The number of carbonyl (C=O) groups is 1. The molecule has 0 aliphatic rings. The fourth-order valence-electron chi connectivity index (χ4n) is 2.82. The van der Waals surface area contributed by atoms with Gasteiger partial charge in [-0.15, -0.1) is 10.2 Å². The molecule has 1 heterocycles. The zero-order valence-electron chi connectivity index (χ0n) is 15.0. The van der Waals surface area contributed by atoms with Gasteiger partial charge in [-0.1, -0.05) is 23.8 Å². The predicted molar refractivity (Wildman–Crippen MR) is 100 cm³/mol. The van der Waals surface area contributed by atoms with Gasteiger partial charge in [-0.25, -0.2) is 0 Å². The lowest BCUT2D eigenvalue weighted by Crippen LogP contribution is -2.08. The number of aromatic hydroxyl groups is 1. The van der Waals surface area contributed by atoms with E-state index in [0.29, 0.717) is 17.9 Å². The van der Waals surface area contributed by atoms with Crippen LogP contribution in [0.5, 0.6) is 11.6 Å². The molecule has 7 nitrogen and oxygen atoms in total. The maximum absolute atomic E-state index is 12.0. The standard InChI is InChI=1S/C20H18N4O3/c1-3-24-16-9-8-13(2)10-15(16)19(20(24)26)23-22-18(25)12-27-17-7-5-4-6-14(17)11-21/h4-10,26H,3,12H2,1-2H3. The number of fused-ring (bicyclic) bond motifs is 1. The van der Waals surface area contributed by atoms with E-state index in [4.69, 9.17) is 10.00 Å². The van der Waals surface area contributed by atoms with Crippen LogP contribution in [0.25, 0.3) is 10.9 Å². The molecule has 136 valence electrons. The first kappa shape index (κ1) is 18.1. The number of para-hydroxylation sites is 1. The third-order valence-electron chi connectivity index (χ3n) is 4.10. The monoisotopic (exact) mass is 362 g/mol. The van der Waals surface area contributed by atoms with Gasteiger partial charge in [0.05, 0.1) is 11.1 Å². The van der Waals surface area contributed by atoms with Crippen LogP contribution in [-0.2, 0) is 11.3 Å². The van der Waals surface area contributed by atoms with Crippen LogP contribution in [0.15, 0.2) is 52.7 Å². The summed E-state index contributed by atoms with van der Waals surface area (Å²) in [6, 6.07) is 14.3. The Bertz CT molecular complexity index is 1080. The first-order valence-electron chi connectivity index (χ1n) is 8.43. The van der Waals surface area contributed by atoms with Crippen molar-refractivity contribution in [2.75, 3.05) is 6.61 Å². The summed E-state index contributed by atoms with van der Waals surface area (Å²) in [5.74, 6) is -0.345. The summed E-state index contributed by atoms with van der Waals surface area (Å²) in [5.41, 5.74) is 2.42. The molecular weight excluding hydrogens is 344 g/mol. The van der Waals surface area contributed by atoms with Gasteiger partial charge in [-0.2, -0.15) is 5.26 Å². The van der Waals surface area contributed by atoms with Crippen molar-refractivity contribution in [3.63, 3.8) is 0 Å². The molecule has 0 saturated heterocycles. The van der Waals surface area contributed by atoms with E-state index in [1.807, 2.05) is 38.1 Å². The predicted octanol–water partition coefficient (Wildman–Crippen LogP) is 4.24. The molecule has 2 aromatic carbocycles. The van der Waals surface area contributed by atoms with E-state index in [-0.39, 0.29) is 18.2 Å². The Morgan fingerprint density at radius 1 is 1.30 bits per heavy atom. The molecule has 1 aromatic heterocycles. The smallest absolute Gasteiger partial charge is 0.302 e. The largest absolute Gasteiger partial charge is 0.493 e. The van der Waals surface area contributed by atoms with Crippen LogP contribution in [0.1, 0.15) is 18.1 Å².